The minimum absolute atomic E-state index is 0.754. The summed E-state index contributed by atoms with van der Waals surface area (Å²) < 4.78 is 16.7. The van der Waals surface area contributed by atoms with Crippen molar-refractivity contribution in [2.75, 3.05) is 21.3 Å². The van der Waals surface area contributed by atoms with Crippen molar-refractivity contribution in [2.45, 2.75) is 32.1 Å². The summed E-state index contributed by atoms with van der Waals surface area (Å²) in [5.41, 5.74) is 1.47. The van der Waals surface area contributed by atoms with Gasteiger partial charge in [-0.3, -0.25) is 0 Å². The highest BCUT2D eigenvalue weighted by molar-refractivity contribution is 6.68. The van der Waals surface area contributed by atoms with E-state index in [4.69, 9.17) is 13.3 Å². The summed E-state index contributed by atoms with van der Waals surface area (Å²) in [6.07, 6.45) is 10.8. The van der Waals surface area contributed by atoms with Crippen molar-refractivity contribution in [1.82, 2.24) is 0 Å². The van der Waals surface area contributed by atoms with Gasteiger partial charge < -0.3 is 13.3 Å². The largest absolute Gasteiger partial charge is 0.532 e. The van der Waals surface area contributed by atoms with Crippen LogP contribution in [0, 0.1) is 5.92 Å². The fourth-order valence-corrected chi connectivity index (χ4v) is 5.02. The molecule has 0 aromatic rings. The molecular weight excluding hydrogens is 232 g/mol. The van der Waals surface area contributed by atoms with Crippen molar-refractivity contribution in [1.29, 1.82) is 0 Å². The van der Waals surface area contributed by atoms with E-state index in [2.05, 4.69) is 12.2 Å². The van der Waals surface area contributed by atoms with E-state index in [9.17, 15) is 0 Å². The number of hydrogen-bond donors (Lipinski definition) is 0. The predicted molar refractivity (Wildman–Crippen MR) is 69.5 cm³/mol. The molecule has 2 aliphatic carbocycles. The Kier molecular flexibility index (Phi) is 4.20. The molecule has 4 heteroatoms. The first-order chi connectivity index (χ1) is 8.25. The average Bonchev–Trinajstić information content (AvgIpc) is 2.41. The Morgan fingerprint density at radius 2 is 1.82 bits per heavy atom. The van der Waals surface area contributed by atoms with E-state index in [0.717, 1.165) is 12.3 Å². The third-order valence-electron chi connectivity index (χ3n) is 3.91. The molecule has 0 amide bonds. The molecular formula is C13H22O3Si. The highest BCUT2D eigenvalue weighted by Gasteiger charge is 2.44. The zero-order valence-electron chi connectivity index (χ0n) is 11.0. The maximum Gasteiger partial charge on any atom is 0.532 e. The van der Waals surface area contributed by atoms with Crippen LogP contribution < -0.4 is 0 Å². The average molecular weight is 254 g/mol. The van der Waals surface area contributed by atoms with Crippen LogP contribution in [0.25, 0.3) is 0 Å². The lowest BCUT2D eigenvalue weighted by atomic mass is 9.81. The second-order valence-corrected chi connectivity index (χ2v) is 7.69. The third-order valence-corrected chi connectivity index (χ3v) is 6.70. The first-order valence-electron chi connectivity index (χ1n) is 6.32. The van der Waals surface area contributed by atoms with Crippen LogP contribution in [-0.4, -0.2) is 30.1 Å². The number of allylic oxidation sites excluding steroid dienone is 4. The summed E-state index contributed by atoms with van der Waals surface area (Å²) in [5.74, 6) is 0.754. The Balaban J connectivity index is 2.27. The molecule has 0 saturated carbocycles. The predicted octanol–water partition coefficient (Wildman–Crippen LogP) is 2.85. The SMILES string of the molecule is CO[Si](OC)(OC)C1=CC2=CCCCC2CC1. The Hall–Kier alpha value is -0.423. The Morgan fingerprint density at radius 1 is 1.12 bits per heavy atom. The van der Waals surface area contributed by atoms with Crippen LogP contribution in [0.2, 0.25) is 0 Å². The molecule has 0 heterocycles. The van der Waals surface area contributed by atoms with Crippen LogP contribution in [0.3, 0.4) is 0 Å². The topological polar surface area (TPSA) is 27.7 Å². The van der Waals surface area contributed by atoms with Crippen molar-refractivity contribution >= 4 is 8.80 Å². The van der Waals surface area contributed by atoms with Gasteiger partial charge in [-0.05, 0) is 43.6 Å². The molecule has 17 heavy (non-hydrogen) atoms. The molecule has 0 fully saturated rings. The van der Waals surface area contributed by atoms with Gasteiger partial charge in [0.05, 0.1) is 0 Å². The van der Waals surface area contributed by atoms with Crippen LogP contribution in [0.1, 0.15) is 32.1 Å². The molecule has 0 spiro atoms. The van der Waals surface area contributed by atoms with Gasteiger partial charge in [-0.2, -0.15) is 0 Å². The minimum Gasteiger partial charge on any atom is -0.374 e. The van der Waals surface area contributed by atoms with Gasteiger partial charge in [0.1, 0.15) is 0 Å². The van der Waals surface area contributed by atoms with Crippen LogP contribution in [-0.2, 0) is 13.3 Å². The Bertz CT molecular complexity index is 323. The van der Waals surface area contributed by atoms with E-state index < -0.39 is 8.80 Å². The second kappa shape index (κ2) is 5.48. The summed E-state index contributed by atoms with van der Waals surface area (Å²) in [4.78, 5) is 0. The molecule has 0 aromatic carbocycles. The van der Waals surface area contributed by atoms with E-state index >= 15 is 0 Å². The van der Waals surface area contributed by atoms with E-state index in [-0.39, 0.29) is 0 Å². The molecule has 0 aliphatic heterocycles. The van der Waals surface area contributed by atoms with Crippen LogP contribution in [0.5, 0.6) is 0 Å². The van der Waals surface area contributed by atoms with E-state index in [1.54, 1.807) is 21.3 Å². The van der Waals surface area contributed by atoms with Gasteiger partial charge in [-0.1, -0.05) is 12.2 Å². The molecule has 0 N–H and O–H groups in total. The van der Waals surface area contributed by atoms with Crippen LogP contribution in [0.15, 0.2) is 22.9 Å². The fourth-order valence-electron chi connectivity index (χ4n) is 2.94. The molecule has 0 bridgehead atoms. The first-order valence-corrected chi connectivity index (χ1v) is 8.04. The lowest BCUT2D eigenvalue weighted by molar-refractivity contribution is 0.132. The smallest absolute Gasteiger partial charge is 0.374 e. The number of rotatable bonds is 4. The van der Waals surface area contributed by atoms with E-state index in [1.165, 1.54) is 36.5 Å². The lowest BCUT2D eigenvalue weighted by Gasteiger charge is -2.33. The van der Waals surface area contributed by atoms with Crippen LogP contribution in [0.4, 0.5) is 0 Å². The zero-order valence-corrected chi connectivity index (χ0v) is 12.0. The summed E-state index contributed by atoms with van der Waals surface area (Å²) >= 11 is 0. The fraction of sp³-hybridized carbons (Fsp3) is 0.692. The molecule has 2 aliphatic rings. The molecule has 0 saturated heterocycles. The monoisotopic (exact) mass is 254 g/mol. The first kappa shape index (κ1) is 13.0. The van der Waals surface area contributed by atoms with E-state index in [1.807, 2.05) is 0 Å². The highest BCUT2D eigenvalue weighted by Crippen LogP contribution is 2.38. The summed E-state index contributed by atoms with van der Waals surface area (Å²) in [7, 11) is 2.47. The number of fused-ring (bicyclic) bond motifs is 1. The quantitative estimate of drug-likeness (QED) is 0.722. The summed E-state index contributed by atoms with van der Waals surface area (Å²) in [6, 6.07) is 0. The zero-order chi connectivity index (χ0) is 12.3. The maximum absolute atomic E-state index is 5.55. The van der Waals surface area contributed by atoms with Gasteiger partial charge in [-0.25, -0.2) is 0 Å². The normalized spacial score (nSPS) is 25.0. The van der Waals surface area contributed by atoms with Gasteiger partial charge in [0.2, 0.25) is 0 Å². The third kappa shape index (κ3) is 2.40. The van der Waals surface area contributed by atoms with Crippen molar-refractivity contribution in [3.63, 3.8) is 0 Å². The van der Waals surface area contributed by atoms with Gasteiger partial charge in [0.15, 0.2) is 0 Å². The van der Waals surface area contributed by atoms with Gasteiger partial charge >= 0.3 is 8.80 Å². The molecule has 3 nitrogen and oxygen atoms in total. The van der Waals surface area contributed by atoms with Crippen molar-refractivity contribution in [3.8, 4) is 0 Å². The molecule has 1 unspecified atom stereocenters. The van der Waals surface area contributed by atoms with Crippen molar-refractivity contribution < 1.29 is 13.3 Å². The van der Waals surface area contributed by atoms with Gasteiger partial charge in [0, 0.05) is 26.5 Å². The van der Waals surface area contributed by atoms with Gasteiger partial charge in [-0.15, -0.1) is 0 Å². The summed E-state index contributed by atoms with van der Waals surface area (Å²) in [6.45, 7) is 0. The van der Waals surface area contributed by atoms with Gasteiger partial charge in [0.25, 0.3) is 0 Å². The lowest BCUT2D eigenvalue weighted by Crippen LogP contribution is -2.46. The Morgan fingerprint density at radius 3 is 2.47 bits per heavy atom. The highest BCUT2D eigenvalue weighted by atomic mass is 28.4. The Labute approximate surface area is 105 Å². The standard InChI is InChI=1S/C13H22O3Si/c1-14-17(15-2,16-3)13-9-8-11-6-4-5-7-12(11)10-13/h7,10-11H,4-6,8-9H2,1-3H3. The minimum atomic E-state index is -2.57. The maximum atomic E-state index is 5.55. The number of hydrogen-bond acceptors (Lipinski definition) is 3. The van der Waals surface area contributed by atoms with E-state index in [0.29, 0.717) is 0 Å². The summed E-state index contributed by atoms with van der Waals surface area (Å²) in [5, 5.41) is 1.23. The molecule has 2 rings (SSSR count). The molecule has 96 valence electrons. The van der Waals surface area contributed by atoms with Crippen molar-refractivity contribution in [2.24, 2.45) is 5.92 Å². The molecule has 0 aromatic heterocycles. The van der Waals surface area contributed by atoms with Crippen LogP contribution >= 0.6 is 0 Å². The van der Waals surface area contributed by atoms with Crippen molar-refractivity contribution in [3.05, 3.63) is 22.9 Å². The molecule has 0 radical (unpaired) electrons. The molecule has 1 atom stereocenters. The second-order valence-electron chi connectivity index (χ2n) is 4.71.